The Morgan fingerprint density at radius 1 is 1.04 bits per heavy atom. The van der Waals surface area contributed by atoms with Gasteiger partial charge in [-0.25, -0.2) is 14.3 Å². The minimum atomic E-state index is 0.0215. The van der Waals surface area contributed by atoms with E-state index in [0.29, 0.717) is 13.2 Å². The molecule has 9 heteroatoms. The van der Waals surface area contributed by atoms with Crippen molar-refractivity contribution in [2.45, 2.75) is 31.7 Å². The van der Waals surface area contributed by atoms with E-state index in [1.54, 1.807) is 6.33 Å². The van der Waals surface area contributed by atoms with Crippen molar-refractivity contribution >= 4 is 0 Å². The first-order valence-corrected chi connectivity index (χ1v) is 8.46. The summed E-state index contributed by atoms with van der Waals surface area (Å²) >= 11 is 0. The van der Waals surface area contributed by atoms with Gasteiger partial charge in [-0.2, -0.15) is 5.10 Å². The summed E-state index contributed by atoms with van der Waals surface area (Å²) in [6, 6.07) is 5.81. The highest BCUT2D eigenvalue weighted by Crippen LogP contribution is 2.34. The standard InChI is InChI=1S/C16H17N7O2/c1-2-6-22-16(19-20-21-22)12(3-1)15-17-10-18-23(15)11-4-5-13-14(9-11)25-8-7-24-13/h4-5,9-10,12H,1-3,6-8H2/t12-/m0/s1. The third-order valence-corrected chi connectivity index (χ3v) is 4.64. The molecule has 0 saturated carbocycles. The molecular formula is C16H17N7O2. The summed E-state index contributed by atoms with van der Waals surface area (Å²) in [5, 5.41) is 16.6. The lowest BCUT2D eigenvalue weighted by atomic mass is 10.0. The van der Waals surface area contributed by atoms with Crippen molar-refractivity contribution in [2.24, 2.45) is 0 Å². The quantitative estimate of drug-likeness (QED) is 0.695. The van der Waals surface area contributed by atoms with Crippen LogP contribution >= 0.6 is 0 Å². The molecule has 0 saturated heterocycles. The van der Waals surface area contributed by atoms with E-state index in [0.717, 1.165) is 54.6 Å². The van der Waals surface area contributed by atoms with Gasteiger partial charge in [-0.1, -0.05) is 6.42 Å². The Hall–Kier alpha value is -2.97. The first-order valence-electron chi connectivity index (χ1n) is 8.46. The number of benzene rings is 1. The first-order chi connectivity index (χ1) is 12.4. The molecule has 0 spiro atoms. The van der Waals surface area contributed by atoms with Gasteiger partial charge in [0.15, 0.2) is 17.3 Å². The van der Waals surface area contributed by atoms with Crippen molar-refractivity contribution in [2.75, 3.05) is 13.2 Å². The zero-order valence-electron chi connectivity index (χ0n) is 13.6. The van der Waals surface area contributed by atoms with Crippen LogP contribution in [0.5, 0.6) is 11.5 Å². The number of ether oxygens (including phenoxy) is 2. The molecule has 0 amide bonds. The molecule has 25 heavy (non-hydrogen) atoms. The fraction of sp³-hybridized carbons (Fsp3) is 0.438. The van der Waals surface area contributed by atoms with Crippen molar-refractivity contribution < 1.29 is 9.47 Å². The lowest BCUT2D eigenvalue weighted by Gasteiger charge is -2.19. The molecule has 128 valence electrons. The van der Waals surface area contributed by atoms with Gasteiger partial charge >= 0.3 is 0 Å². The second kappa shape index (κ2) is 5.83. The number of tetrazole rings is 1. The van der Waals surface area contributed by atoms with Crippen molar-refractivity contribution in [1.82, 2.24) is 35.0 Å². The number of aryl methyl sites for hydroxylation is 1. The van der Waals surface area contributed by atoms with Gasteiger partial charge in [0.1, 0.15) is 25.4 Å². The summed E-state index contributed by atoms with van der Waals surface area (Å²) in [5.41, 5.74) is 0.889. The average Bonchev–Trinajstić information content (AvgIpc) is 3.28. The van der Waals surface area contributed by atoms with Crippen LogP contribution in [0.25, 0.3) is 5.69 Å². The predicted octanol–water partition coefficient (Wildman–Crippen LogP) is 1.34. The Bertz CT molecular complexity index is 904. The number of aromatic nitrogens is 7. The van der Waals surface area contributed by atoms with Gasteiger partial charge in [0, 0.05) is 12.6 Å². The third-order valence-electron chi connectivity index (χ3n) is 4.64. The first kappa shape index (κ1) is 14.4. The van der Waals surface area contributed by atoms with E-state index in [9.17, 15) is 0 Å². The Kier molecular flexibility index (Phi) is 3.36. The van der Waals surface area contributed by atoms with Crippen LogP contribution < -0.4 is 9.47 Å². The van der Waals surface area contributed by atoms with Crippen LogP contribution in [-0.2, 0) is 6.54 Å². The molecule has 1 aromatic carbocycles. The van der Waals surface area contributed by atoms with Crippen molar-refractivity contribution in [3.05, 3.63) is 36.2 Å². The second-order valence-corrected chi connectivity index (χ2v) is 6.17. The Labute approximate surface area is 143 Å². The lowest BCUT2D eigenvalue weighted by molar-refractivity contribution is 0.171. The summed E-state index contributed by atoms with van der Waals surface area (Å²) in [5.74, 6) is 3.21. The molecule has 0 fully saturated rings. The smallest absolute Gasteiger partial charge is 0.163 e. The maximum Gasteiger partial charge on any atom is 0.163 e. The molecule has 2 aliphatic rings. The highest BCUT2D eigenvalue weighted by atomic mass is 16.6. The van der Waals surface area contributed by atoms with E-state index in [1.807, 2.05) is 27.6 Å². The zero-order chi connectivity index (χ0) is 16.6. The maximum atomic E-state index is 5.69. The Morgan fingerprint density at radius 3 is 2.92 bits per heavy atom. The molecule has 2 aliphatic heterocycles. The van der Waals surface area contributed by atoms with E-state index in [2.05, 4.69) is 25.6 Å². The number of rotatable bonds is 2. The molecule has 9 nitrogen and oxygen atoms in total. The molecule has 0 unspecified atom stereocenters. The minimum absolute atomic E-state index is 0.0215. The molecule has 0 bridgehead atoms. The van der Waals surface area contributed by atoms with Crippen molar-refractivity contribution in [1.29, 1.82) is 0 Å². The summed E-state index contributed by atoms with van der Waals surface area (Å²) in [6.07, 6.45) is 4.67. The van der Waals surface area contributed by atoms with Gasteiger partial charge < -0.3 is 9.47 Å². The Morgan fingerprint density at radius 2 is 1.96 bits per heavy atom. The maximum absolute atomic E-state index is 5.69. The number of hydrogen-bond donors (Lipinski definition) is 0. The van der Waals surface area contributed by atoms with Gasteiger partial charge in [0.25, 0.3) is 0 Å². The third kappa shape index (κ3) is 2.43. The summed E-state index contributed by atoms with van der Waals surface area (Å²) in [4.78, 5) is 4.52. The van der Waals surface area contributed by atoms with E-state index < -0.39 is 0 Å². The van der Waals surface area contributed by atoms with Crippen LogP contribution in [-0.4, -0.2) is 48.2 Å². The van der Waals surface area contributed by atoms with Crippen LogP contribution in [0.4, 0.5) is 0 Å². The highest BCUT2D eigenvalue weighted by Gasteiger charge is 2.28. The zero-order valence-corrected chi connectivity index (χ0v) is 13.6. The molecule has 2 aromatic heterocycles. The lowest BCUT2D eigenvalue weighted by Crippen LogP contribution is -2.16. The second-order valence-electron chi connectivity index (χ2n) is 6.17. The molecular weight excluding hydrogens is 322 g/mol. The van der Waals surface area contributed by atoms with Crippen LogP contribution in [0.2, 0.25) is 0 Å². The van der Waals surface area contributed by atoms with Gasteiger partial charge in [-0.05, 0) is 35.4 Å². The SMILES string of the molecule is c1nc([C@@H]2CCCCn3nnnc32)n(-c2ccc3c(c2)OCCO3)n1. The highest BCUT2D eigenvalue weighted by molar-refractivity contribution is 5.49. The van der Waals surface area contributed by atoms with E-state index >= 15 is 0 Å². The van der Waals surface area contributed by atoms with Crippen LogP contribution in [0.3, 0.4) is 0 Å². The van der Waals surface area contributed by atoms with Crippen LogP contribution in [0.1, 0.15) is 36.8 Å². The van der Waals surface area contributed by atoms with Gasteiger partial charge in [-0.15, -0.1) is 5.10 Å². The number of nitrogens with zero attached hydrogens (tertiary/aromatic N) is 7. The van der Waals surface area contributed by atoms with Crippen molar-refractivity contribution in [3.63, 3.8) is 0 Å². The fourth-order valence-corrected chi connectivity index (χ4v) is 3.45. The molecule has 0 radical (unpaired) electrons. The van der Waals surface area contributed by atoms with E-state index in [4.69, 9.17) is 9.47 Å². The molecule has 3 aromatic rings. The number of fused-ring (bicyclic) bond motifs is 2. The topological polar surface area (TPSA) is 92.8 Å². The molecule has 4 heterocycles. The molecule has 0 N–H and O–H groups in total. The summed E-state index contributed by atoms with van der Waals surface area (Å²) in [7, 11) is 0. The van der Waals surface area contributed by atoms with E-state index in [1.165, 1.54) is 0 Å². The minimum Gasteiger partial charge on any atom is -0.486 e. The van der Waals surface area contributed by atoms with Crippen LogP contribution in [0.15, 0.2) is 24.5 Å². The Balaban J connectivity index is 1.57. The average molecular weight is 339 g/mol. The fourth-order valence-electron chi connectivity index (χ4n) is 3.45. The molecule has 5 rings (SSSR count). The number of hydrogen-bond acceptors (Lipinski definition) is 7. The predicted molar refractivity (Wildman–Crippen MR) is 85.9 cm³/mol. The van der Waals surface area contributed by atoms with E-state index in [-0.39, 0.29) is 5.92 Å². The van der Waals surface area contributed by atoms with Gasteiger partial charge in [-0.3, -0.25) is 0 Å². The largest absolute Gasteiger partial charge is 0.486 e. The van der Waals surface area contributed by atoms with Crippen molar-refractivity contribution in [3.8, 4) is 17.2 Å². The molecule has 1 atom stereocenters. The summed E-state index contributed by atoms with van der Waals surface area (Å²) in [6.45, 7) is 1.97. The monoisotopic (exact) mass is 339 g/mol. The normalized spacial score (nSPS) is 19.3. The van der Waals surface area contributed by atoms with Crippen LogP contribution in [0, 0.1) is 0 Å². The van der Waals surface area contributed by atoms with Gasteiger partial charge in [0.2, 0.25) is 0 Å². The summed E-state index contributed by atoms with van der Waals surface area (Å²) < 4.78 is 15.0. The molecule has 0 aliphatic carbocycles. The van der Waals surface area contributed by atoms with Gasteiger partial charge in [0.05, 0.1) is 11.6 Å².